The molecule has 0 aliphatic carbocycles. The number of halogens is 1. The van der Waals surface area contributed by atoms with Crippen LogP contribution in [0, 0.1) is 0 Å². The molecule has 3 nitrogen and oxygen atoms in total. The van der Waals surface area contributed by atoms with Gasteiger partial charge in [0.15, 0.2) is 0 Å². The van der Waals surface area contributed by atoms with Crippen LogP contribution >= 0.6 is 15.9 Å². The first-order valence-electron chi connectivity index (χ1n) is 3.18. The molecule has 0 aromatic carbocycles. The normalized spacial score (nSPS) is 8.27. The summed E-state index contributed by atoms with van der Waals surface area (Å²) >= 11 is 3.23. The number of pyridine rings is 1. The number of nitrogens with two attached hydrogens (primary N) is 1. The average Bonchev–Trinajstić information content (AvgIpc) is 1.97. The first kappa shape index (κ1) is 10.4. The van der Waals surface area contributed by atoms with Gasteiger partial charge in [-0.05, 0) is 35.0 Å². The molecule has 0 amide bonds. The van der Waals surface area contributed by atoms with Crippen molar-refractivity contribution in [3.63, 3.8) is 0 Å². The van der Waals surface area contributed by atoms with Gasteiger partial charge in [-0.25, -0.2) is 4.98 Å². The highest BCUT2D eigenvalue weighted by atomic mass is 79.9. The molecule has 0 unspecified atom stereocenters. The van der Waals surface area contributed by atoms with Gasteiger partial charge in [0.1, 0.15) is 5.82 Å². The highest BCUT2D eigenvalue weighted by molar-refractivity contribution is 9.10. The van der Waals surface area contributed by atoms with Crippen LogP contribution in [0.15, 0.2) is 22.8 Å². The van der Waals surface area contributed by atoms with Crippen molar-refractivity contribution in [2.75, 3.05) is 12.3 Å². The molecule has 0 spiro atoms. The lowest BCUT2D eigenvalue weighted by Crippen LogP contribution is -1.86. The van der Waals surface area contributed by atoms with Gasteiger partial charge in [-0.1, -0.05) is 0 Å². The molecular weight excluding hydrogens is 208 g/mol. The molecule has 1 aromatic heterocycles. The summed E-state index contributed by atoms with van der Waals surface area (Å²) in [5, 5.41) is 7.57. The summed E-state index contributed by atoms with van der Waals surface area (Å²) < 4.78 is 0.951. The quantitative estimate of drug-likeness (QED) is 0.693. The van der Waals surface area contributed by atoms with Crippen molar-refractivity contribution in [1.82, 2.24) is 4.98 Å². The number of aliphatic hydroxyl groups is 1. The predicted molar refractivity (Wildman–Crippen MR) is 49.1 cm³/mol. The van der Waals surface area contributed by atoms with Gasteiger partial charge in [-0.2, -0.15) is 0 Å². The van der Waals surface area contributed by atoms with Crippen LogP contribution in [0.4, 0.5) is 5.82 Å². The smallest absolute Gasteiger partial charge is 0.123 e. The average molecular weight is 219 g/mol. The minimum Gasteiger partial charge on any atom is -0.397 e. The third-order valence-electron chi connectivity index (χ3n) is 0.750. The second-order valence-electron chi connectivity index (χ2n) is 1.72. The number of nitrogens with zero attached hydrogens (tertiary/aromatic N) is 1. The summed E-state index contributed by atoms with van der Waals surface area (Å²) in [6.07, 6.45) is 1.66. The van der Waals surface area contributed by atoms with Gasteiger partial charge in [-0.15, -0.1) is 0 Å². The second-order valence-corrected chi connectivity index (χ2v) is 2.63. The topological polar surface area (TPSA) is 59.1 Å². The molecule has 0 fully saturated rings. The third kappa shape index (κ3) is 5.82. The molecule has 1 heterocycles. The Hall–Kier alpha value is -0.610. The maximum atomic E-state index is 7.57. The van der Waals surface area contributed by atoms with Crippen LogP contribution < -0.4 is 5.73 Å². The van der Waals surface area contributed by atoms with Crippen molar-refractivity contribution in [2.24, 2.45) is 0 Å². The predicted octanol–water partition coefficient (Wildman–Crippen LogP) is 1.42. The third-order valence-corrected chi connectivity index (χ3v) is 1.22. The molecule has 0 aliphatic rings. The maximum Gasteiger partial charge on any atom is 0.123 e. The fourth-order valence-electron chi connectivity index (χ4n) is 0.387. The van der Waals surface area contributed by atoms with Gasteiger partial charge in [0.2, 0.25) is 0 Å². The van der Waals surface area contributed by atoms with Crippen molar-refractivity contribution in [1.29, 1.82) is 0 Å². The Kier molecular flexibility index (Phi) is 5.78. The largest absolute Gasteiger partial charge is 0.397 e. The number of aliphatic hydroxyl groups excluding tert-OH is 1. The summed E-state index contributed by atoms with van der Waals surface area (Å²) in [5.74, 6) is 0.549. The Morgan fingerprint density at radius 2 is 2.18 bits per heavy atom. The number of rotatable bonds is 0. The van der Waals surface area contributed by atoms with Crippen molar-refractivity contribution in [2.45, 2.75) is 6.92 Å². The van der Waals surface area contributed by atoms with E-state index < -0.39 is 0 Å². The van der Waals surface area contributed by atoms with Gasteiger partial charge >= 0.3 is 0 Å². The first-order chi connectivity index (χ1) is 5.20. The van der Waals surface area contributed by atoms with E-state index in [1.807, 2.05) is 6.07 Å². The summed E-state index contributed by atoms with van der Waals surface area (Å²) in [7, 11) is 0. The van der Waals surface area contributed by atoms with Gasteiger partial charge in [-0.3, -0.25) is 0 Å². The van der Waals surface area contributed by atoms with E-state index in [1.54, 1.807) is 19.2 Å². The lowest BCUT2D eigenvalue weighted by molar-refractivity contribution is 0.318. The van der Waals surface area contributed by atoms with Crippen LogP contribution in [0.1, 0.15) is 6.92 Å². The van der Waals surface area contributed by atoms with E-state index in [2.05, 4.69) is 20.9 Å². The van der Waals surface area contributed by atoms with E-state index in [4.69, 9.17) is 10.8 Å². The van der Waals surface area contributed by atoms with Gasteiger partial charge in [0, 0.05) is 17.3 Å². The minimum absolute atomic E-state index is 0.250. The van der Waals surface area contributed by atoms with Gasteiger partial charge in [0.05, 0.1) is 0 Å². The standard InChI is InChI=1S/C5H5BrN2.C2H6O/c6-4-1-2-5(7)8-3-4;1-2-3/h1-3H,(H2,7,8);3H,2H2,1H3. The maximum absolute atomic E-state index is 7.57. The fraction of sp³-hybridized carbons (Fsp3) is 0.286. The molecule has 3 N–H and O–H groups in total. The Balaban J connectivity index is 0.000000292. The van der Waals surface area contributed by atoms with Crippen LogP contribution in [0.25, 0.3) is 0 Å². The van der Waals surface area contributed by atoms with E-state index in [1.165, 1.54) is 0 Å². The molecule has 0 bridgehead atoms. The lowest BCUT2D eigenvalue weighted by atomic mass is 10.5. The van der Waals surface area contributed by atoms with Crippen molar-refractivity contribution in [3.8, 4) is 0 Å². The molecule has 62 valence electrons. The Bertz CT molecular complexity index is 167. The second kappa shape index (κ2) is 6.12. The van der Waals surface area contributed by atoms with Crippen LogP contribution in [0.2, 0.25) is 0 Å². The number of nitrogen functional groups attached to an aromatic ring is 1. The Labute approximate surface area is 74.4 Å². The van der Waals surface area contributed by atoms with E-state index in [0.29, 0.717) is 5.82 Å². The zero-order valence-corrected chi connectivity index (χ0v) is 7.87. The van der Waals surface area contributed by atoms with Crippen LogP contribution in [0.3, 0.4) is 0 Å². The van der Waals surface area contributed by atoms with E-state index >= 15 is 0 Å². The molecule has 1 aromatic rings. The van der Waals surface area contributed by atoms with E-state index in [0.717, 1.165) is 4.47 Å². The van der Waals surface area contributed by atoms with Crippen molar-refractivity contribution < 1.29 is 5.11 Å². The van der Waals surface area contributed by atoms with Gasteiger partial charge < -0.3 is 10.8 Å². The minimum atomic E-state index is 0.250. The zero-order valence-electron chi connectivity index (χ0n) is 6.29. The Morgan fingerprint density at radius 3 is 2.45 bits per heavy atom. The molecule has 0 radical (unpaired) electrons. The summed E-state index contributed by atoms with van der Waals surface area (Å²) in [4.78, 5) is 3.81. The molecule has 0 atom stereocenters. The number of hydrogen-bond acceptors (Lipinski definition) is 3. The molecular formula is C7H11BrN2O. The molecule has 0 saturated carbocycles. The number of aromatic nitrogens is 1. The number of anilines is 1. The SMILES string of the molecule is CCO.Nc1ccc(Br)cn1. The highest BCUT2D eigenvalue weighted by Crippen LogP contribution is 2.07. The number of hydrogen-bond donors (Lipinski definition) is 2. The van der Waals surface area contributed by atoms with Crippen LogP contribution in [0.5, 0.6) is 0 Å². The van der Waals surface area contributed by atoms with Crippen molar-refractivity contribution in [3.05, 3.63) is 22.8 Å². The van der Waals surface area contributed by atoms with E-state index in [-0.39, 0.29) is 6.61 Å². The molecule has 4 heteroatoms. The summed E-state index contributed by atoms with van der Waals surface area (Å²) in [5.41, 5.74) is 5.29. The van der Waals surface area contributed by atoms with Gasteiger partial charge in [0.25, 0.3) is 0 Å². The fourth-order valence-corrected chi connectivity index (χ4v) is 0.622. The van der Waals surface area contributed by atoms with E-state index in [9.17, 15) is 0 Å². The monoisotopic (exact) mass is 218 g/mol. The highest BCUT2D eigenvalue weighted by Gasteiger charge is 1.83. The molecule has 1 rings (SSSR count). The van der Waals surface area contributed by atoms with Crippen LogP contribution in [-0.4, -0.2) is 16.7 Å². The Morgan fingerprint density at radius 1 is 1.64 bits per heavy atom. The van der Waals surface area contributed by atoms with Crippen LogP contribution in [-0.2, 0) is 0 Å². The molecule has 0 aliphatic heterocycles. The summed E-state index contributed by atoms with van der Waals surface area (Å²) in [6.45, 7) is 1.93. The molecule has 0 saturated heterocycles. The summed E-state index contributed by atoms with van der Waals surface area (Å²) in [6, 6.07) is 3.59. The molecule has 11 heavy (non-hydrogen) atoms. The first-order valence-corrected chi connectivity index (χ1v) is 3.98. The van der Waals surface area contributed by atoms with Crippen molar-refractivity contribution >= 4 is 21.7 Å². The zero-order chi connectivity index (χ0) is 8.69. The lowest BCUT2D eigenvalue weighted by Gasteiger charge is -1.88.